The molecular weight excluding hydrogens is 279 g/mol. The summed E-state index contributed by atoms with van der Waals surface area (Å²) >= 11 is 0. The van der Waals surface area contributed by atoms with Gasteiger partial charge in [0.25, 0.3) is 10.0 Å². The lowest BCUT2D eigenvalue weighted by Gasteiger charge is -2.24. The van der Waals surface area contributed by atoms with Crippen LogP contribution >= 0.6 is 0 Å². The maximum absolute atomic E-state index is 13.8. The van der Waals surface area contributed by atoms with Crippen molar-refractivity contribution < 1.29 is 12.8 Å². The van der Waals surface area contributed by atoms with Gasteiger partial charge in [0.2, 0.25) is 0 Å². The van der Waals surface area contributed by atoms with E-state index < -0.39 is 15.8 Å². The third kappa shape index (κ3) is 2.46. The van der Waals surface area contributed by atoms with Crippen LogP contribution in [0.1, 0.15) is 6.92 Å². The van der Waals surface area contributed by atoms with Gasteiger partial charge in [0.1, 0.15) is 10.7 Å². The number of halogens is 1. The fraction of sp³-hybridized carbons (Fsp3) is 0.143. The highest BCUT2D eigenvalue weighted by Gasteiger charge is 2.27. The van der Waals surface area contributed by atoms with Crippen molar-refractivity contribution in [2.45, 2.75) is 11.8 Å². The molecule has 0 amide bonds. The van der Waals surface area contributed by atoms with Crippen LogP contribution in [0.25, 0.3) is 0 Å². The van der Waals surface area contributed by atoms with Crippen molar-refractivity contribution in [3.63, 3.8) is 0 Å². The Kier molecular flexibility index (Phi) is 3.94. The first-order chi connectivity index (χ1) is 9.48. The van der Waals surface area contributed by atoms with Crippen LogP contribution in [0, 0.1) is 5.82 Å². The molecule has 0 aliphatic rings. The minimum atomic E-state index is -3.98. The van der Waals surface area contributed by atoms with Crippen molar-refractivity contribution in [2.75, 3.05) is 16.6 Å². The van der Waals surface area contributed by atoms with E-state index in [1.807, 2.05) is 0 Å². The Balaban J connectivity index is 2.58. The standard InChI is InChI=1S/C14H15FN2O2S/c1-2-17(13-9-5-4-8-12(13)16)20(18,19)14-10-6-3-7-11(14)15/h3-10H,2,16H2,1H3. The van der Waals surface area contributed by atoms with Crippen LogP contribution in [0.15, 0.2) is 53.4 Å². The van der Waals surface area contributed by atoms with Crippen molar-refractivity contribution in [1.29, 1.82) is 0 Å². The molecule has 0 saturated heterocycles. The summed E-state index contributed by atoms with van der Waals surface area (Å²) in [7, 11) is -3.98. The molecule has 20 heavy (non-hydrogen) atoms. The second-order valence-corrected chi connectivity index (χ2v) is 5.99. The summed E-state index contributed by atoms with van der Waals surface area (Å²) in [6, 6.07) is 11.9. The van der Waals surface area contributed by atoms with E-state index in [0.717, 1.165) is 10.4 Å². The van der Waals surface area contributed by atoms with Crippen LogP contribution < -0.4 is 10.0 Å². The summed E-state index contributed by atoms with van der Waals surface area (Å²) in [5, 5.41) is 0. The molecule has 0 heterocycles. The van der Waals surface area contributed by atoms with E-state index in [2.05, 4.69) is 0 Å². The number of nitrogens with two attached hydrogens (primary N) is 1. The Hall–Kier alpha value is -2.08. The lowest BCUT2D eigenvalue weighted by atomic mass is 10.3. The highest BCUT2D eigenvalue weighted by molar-refractivity contribution is 7.92. The largest absolute Gasteiger partial charge is 0.397 e. The van der Waals surface area contributed by atoms with E-state index in [1.54, 1.807) is 31.2 Å². The molecule has 0 saturated carbocycles. The van der Waals surface area contributed by atoms with Gasteiger partial charge in [-0.05, 0) is 31.2 Å². The minimum Gasteiger partial charge on any atom is -0.397 e. The summed E-state index contributed by atoms with van der Waals surface area (Å²) in [4.78, 5) is -0.356. The van der Waals surface area contributed by atoms with E-state index >= 15 is 0 Å². The molecule has 4 nitrogen and oxygen atoms in total. The van der Waals surface area contributed by atoms with Gasteiger partial charge in [0.15, 0.2) is 0 Å². The topological polar surface area (TPSA) is 63.4 Å². The second kappa shape index (κ2) is 5.50. The van der Waals surface area contributed by atoms with Crippen LogP contribution in [0.3, 0.4) is 0 Å². The third-order valence-electron chi connectivity index (χ3n) is 2.90. The van der Waals surface area contributed by atoms with Gasteiger partial charge in [-0.1, -0.05) is 24.3 Å². The average Bonchev–Trinajstić information content (AvgIpc) is 2.42. The molecule has 0 spiro atoms. The van der Waals surface area contributed by atoms with Crippen molar-refractivity contribution in [1.82, 2.24) is 0 Å². The van der Waals surface area contributed by atoms with E-state index in [9.17, 15) is 12.8 Å². The molecule has 0 unspecified atom stereocenters. The number of nitrogen functional groups attached to an aromatic ring is 1. The summed E-state index contributed by atoms with van der Waals surface area (Å²) in [5.74, 6) is -0.777. The summed E-state index contributed by atoms with van der Waals surface area (Å²) in [6.45, 7) is 1.83. The Morgan fingerprint density at radius 2 is 1.70 bits per heavy atom. The summed E-state index contributed by atoms with van der Waals surface area (Å²) < 4.78 is 40.0. The Morgan fingerprint density at radius 1 is 1.10 bits per heavy atom. The van der Waals surface area contributed by atoms with E-state index in [-0.39, 0.29) is 11.4 Å². The molecule has 0 radical (unpaired) electrons. The van der Waals surface area contributed by atoms with E-state index in [0.29, 0.717) is 11.4 Å². The molecule has 0 atom stereocenters. The molecule has 0 aromatic heterocycles. The zero-order valence-corrected chi connectivity index (χ0v) is 11.8. The second-order valence-electron chi connectivity index (χ2n) is 4.16. The first-order valence-corrected chi connectivity index (χ1v) is 7.54. The maximum atomic E-state index is 13.8. The number of nitrogens with zero attached hydrogens (tertiary/aromatic N) is 1. The molecule has 106 valence electrons. The maximum Gasteiger partial charge on any atom is 0.267 e. The summed E-state index contributed by atoms with van der Waals surface area (Å²) in [6.07, 6.45) is 0. The van der Waals surface area contributed by atoms with Crippen LogP contribution in [0.5, 0.6) is 0 Å². The average molecular weight is 294 g/mol. The summed E-state index contributed by atoms with van der Waals surface area (Å²) in [5.41, 5.74) is 6.48. The van der Waals surface area contributed by atoms with Gasteiger partial charge in [-0.25, -0.2) is 12.8 Å². The highest BCUT2D eigenvalue weighted by atomic mass is 32.2. The van der Waals surface area contributed by atoms with Crippen LogP contribution in [-0.4, -0.2) is 15.0 Å². The number of benzene rings is 2. The van der Waals surface area contributed by atoms with Crippen LogP contribution in [-0.2, 0) is 10.0 Å². The Bertz CT molecular complexity index is 717. The van der Waals surface area contributed by atoms with Crippen molar-refractivity contribution >= 4 is 21.4 Å². The van der Waals surface area contributed by atoms with Crippen molar-refractivity contribution in [2.24, 2.45) is 0 Å². The van der Waals surface area contributed by atoms with E-state index in [4.69, 9.17) is 5.73 Å². The van der Waals surface area contributed by atoms with Crippen molar-refractivity contribution in [3.8, 4) is 0 Å². The van der Waals surface area contributed by atoms with Gasteiger partial charge in [-0.2, -0.15) is 0 Å². The van der Waals surface area contributed by atoms with Crippen LogP contribution in [0.4, 0.5) is 15.8 Å². The van der Waals surface area contributed by atoms with Gasteiger partial charge in [-0.3, -0.25) is 4.31 Å². The van der Waals surface area contributed by atoms with Gasteiger partial charge in [0.05, 0.1) is 11.4 Å². The van der Waals surface area contributed by atoms with Gasteiger partial charge in [-0.15, -0.1) is 0 Å². The lowest BCUT2D eigenvalue weighted by molar-refractivity contribution is 0.564. The van der Waals surface area contributed by atoms with Gasteiger partial charge >= 0.3 is 0 Å². The fourth-order valence-electron chi connectivity index (χ4n) is 1.96. The zero-order chi connectivity index (χ0) is 14.8. The third-order valence-corrected chi connectivity index (χ3v) is 4.82. The minimum absolute atomic E-state index is 0.158. The van der Waals surface area contributed by atoms with Crippen LogP contribution in [0.2, 0.25) is 0 Å². The number of hydrogen-bond acceptors (Lipinski definition) is 3. The van der Waals surface area contributed by atoms with E-state index in [1.165, 1.54) is 18.2 Å². The number of anilines is 2. The predicted molar refractivity (Wildman–Crippen MR) is 77.5 cm³/mol. The monoisotopic (exact) mass is 294 g/mol. The number of hydrogen-bond donors (Lipinski definition) is 1. The molecule has 2 aromatic rings. The Labute approximate surface area is 117 Å². The predicted octanol–water partition coefficient (Wildman–Crippen LogP) is 2.62. The molecule has 2 N–H and O–H groups in total. The number of rotatable bonds is 4. The molecule has 0 fully saturated rings. The molecule has 6 heteroatoms. The number of sulfonamides is 1. The molecular formula is C14H15FN2O2S. The van der Waals surface area contributed by atoms with Gasteiger partial charge in [0, 0.05) is 6.54 Å². The first kappa shape index (κ1) is 14.3. The Morgan fingerprint density at radius 3 is 2.30 bits per heavy atom. The first-order valence-electron chi connectivity index (χ1n) is 6.10. The molecule has 0 bridgehead atoms. The zero-order valence-electron chi connectivity index (χ0n) is 11.0. The molecule has 2 rings (SSSR count). The van der Waals surface area contributed by atoms with Gasteiger partial charge < -0.3 is 5.73 Å². The molecule has 2 aromatic carbocycles. The lowest BCUT2D eigenvalue weighted by Crippen LogP contribution is -2.32. The fourth-order valence-corrected chi connectivity index (χ4v) is 3.52. The molecule has 0 aliphatic carbocycles. The number of para-hydroxylation sites is 2. The smallest absolute Gasteiger partial charge is 0.267 e. The van der Waals surface area contributed by atoms with Crippen molar-refractivity contribution in [3.05, 3.63) is 54.3 Å². The quantitative estimate of drug-likeness (QED) is 0.882. The molecule has 0 aliphatic heterocycles. The highest BCUT2D eigenvalue weighted by Crippen LogP contribution is 2.29. The SMILES string of the molecule is CCN(c1ccccc1N)S(=O)(=O)c1ccccc1F. The normalized spacial score (nSPS) is 11.3.